The number of aromatic nitrogens is 1. The second-order valence-corrected chi connectivity index (χ2v) is 3.90. The lowest BCUT2D eigenvalue weighted by atomic mass is 10.1. The fourth-order valence-corrected chi connectivity index (χ4v) is 2.11. The summed E-state index contributed by atoms with van der Waals surface area (Å²) in [6, 6.07) is 8.46. The number of hydrogen-bond acceptors (Lipinski definition) is 2. The lowest BCUT2D eigenvalue weighted by molar-refractivity contribution is 0.0451. The Morgan fingerprint density at radius 2 is 2.06 bits per heavy atom. The predicted octanol–water partition coefficient (Wildman–Crippen LogP) is 2.53. The third-order valence-electron chi connectivity index (χ3n) is 2.99. The van der Waals surface area contributed by atoms with Crippen LogP contribution in [-0.4, -0.2) is 11.2 Å². The standard InChI is InChI=1S/C13H18N2O/c1-4-16-14-9-13-10(2)11-7-5-6-8-12(11)15(13)3/h5-8,14H,4,9H2,1-3H3. The maximum Gasteiger partial charge on any atom is 0.0654 e. The molecule has 3 nitrogen and oxygen atoms in total. The summed E-state index contributed by atoms with van der Waals surface area (Å²) in [5.41, 5.74) is 6.84. The maximum atomic E-state index is 5.18. The number of para-hydroxylation sites is 1. The van der Waals surface area contributed by atoms with Crippen molar-refractivity contribution in [1.29, 1.82) is 0 Å². The second-order valence-electron chi connectivity index (χ2n) is 3.90. The smallest absolute Gasteiger partial charge is 0.0654 e. The molecule has 0 unspecified atom stereocenters. The summed E-state index contributed by atoms with van der Waals surface area (Å²) in [7, 11) is 2.10. The van der Waals surface area contributed by atoms with E-state index in [9.17, 15) is 0 Å². The molecule has 0 aliphatic heterocycles. The third kappa shape index (κ3) is 1.84. The summed E-state index contributed by atoms with van der Waals surface area (Å²) in [4.78, 5) is 5.18. The Hall–Kier alpha value is -1.32. The zero-order valence-electron chi connectivity index (χ0n) is 10.1. The molecule has 0 bridgehead atoms. The minimum atomic E-state index is 0.684. The van der Waals surface area contributed by atoms with Crippen molar-refractivity contribution in [3.05, 3.63) is 35.5 Å². The van der Waals surface area contributed by atoms with Gasteiger partial charge in [-0.3, -0.25) is 0 Å². The molecule has 1 aromatic carbocycles. The van der Waals surface area contributed by atoms with E-state index in [2.05, 4.69) is 48.3 Å². The zero-order valence-corrected chi connectivity index (χ0v) is 10.1. The van der Waals surface area contributed by atoms with Crippen molar-refractivity contribution >= 4 is 10.9 Å². The fourth-order valence-electron chi connectivity index (χ4n) is 2.11. The summed E-state index contributed by atoms with van der Waals surface area (Å²) in [5, 5.41) is 1.32. The Balaban J connectivity index is 2.37. The van der Waals surface area contributed by atoms with Crippen LogP contribution in [0.15, 0.2) is 24.3 Å². The molecule has 3 heteroatoms. The van der Waals surface area contributed by atoms with Gasteiger partial charge in [0.15, 0.2) is 0 Å². The van der Waals surface area contributed by atoms with E-state index in [0.717, 1.165) is 6.54 Å². The Kier molecular flexibility index (Phi) is 3.27. The van der Waals surface area contributed by atoms with Gasteiger partial charge >= 0.3 is 0 Å². The highest BCUT2D eigenvalue weighted by molar-refractivity contribution is 5.85. The van der Waals surface area contributed by atoms with Crippen LogP contribution in [0.3, 0.4) is 0 Å². The van der Waals surface area contributed by atoms with Crippen molar-refractivity contribution in [2.24, 2.45) is 7.05 Å². The van der Waals surface area contributed by atoms with Gasteiger partial charge < -0.3 is 9.40 Å². The van der Waals surface area contributed by atoms with Gasteiger partial charge in [-0.1, -0.05) is 18.2 Å². The number of nitrogens with one attached hydrogen (secondary N) is 1. The van der Waals surface area contributed by atoms with Gasteiger partial charge in [-0.2, -0.15) is 5.48 Å². The van der Waals surface area contributed by atoms with E-state index in [4.69, 9.17) is 4.84 Å². The molecule has 16 heavy (non-hydrogen) atoms. The first-order valence-electron chi connectivity index (χ1n) is 5.63. The topological polar surface area (TPSA) is 26.2 Å². The molecule has 0 saturated heterocycles. The van der Waals surface area contributed by atoms with E-state index in [1.165, 1.54) is 22.2 Å². The molecule has 0 radical (unpaired) electrons. The summed E-state index contributed by atoms with van der Waals surface area (Å²) in [5.74, 6) is 0. The van der Waals surface area contributed by atoms with Gasteiger partial charge in [0.1, 0.15) is 0 Å². The van der Waals surface area contributed by atoms with Crippen molar-refractivity contribution < 1.29 is 4.84 Å². The fraction of sp³-hybridized carbons (Fsp3) is 0.385. The number of aryl methyl sites for hydroxylation is 2. The molecular weight excluding hydrogens is 200 g/mol. The monoisotopic (exact) mass is 218 g/mol. The van der Waals surface area contributed by atoms with Crippen LogP contribution in [0, 0.1) is 6.92 Å². The Morgan fingerprint density at radius 3 is 2.75 bits per heavy atom. The molecule has 0 aliphatic rings. The van der Waals surface area contributed by atoms with E-state index in [0.29, 0.717) is 6.61 Å². The molecule has 0 amide bonds. The molecule has 1 heterocycles. The van der Waals surface area contributed by atoms with E-state index < -0.39 is 0 Å². The summed E-state index contributed by atoms with van der Waals surface area (Å²) in [6.45, 7) is 5.56. The van der Waals surface area contributed by atoms with Crippen molar-refractivity contribution in [3.63, 3.8) is 0 Å². The number of hydroxylamine groups is 1. The van der Waals surface area contributed by atoms with Crippen LogP contribution in [0.5, 0.6) is 0 Å². The summed E-state index contributed by atoms with van der Waals surface area (Å²) < 4.78 is 2.22. The highest BCUT2D eigenvalue weighted by Crippen LogP contribution is 2.23. The number of rotatable bonds is 4. The lowest BCUT2D eigenvalue weighted by Gasteiger charge is -2.06. The van der Waals surface area contributed by atoms with Gasteiger partial charge in [0, 0.05) is 23.6 Å². The van der Waals surface area contributed by atoms with Crippen LogP contribution in [-0.2, 0) is 18.4 Å². The van der Waals surface area contributed by atoms with Crippen LogP contribution in [0.25, 0.3) is 10.9 Å². The second kappa shape index (κ2) is 4.68. The summed E-state index contributed by atoms with van der Waals surface area (Å²) in [6.07, 6.45) is 0. The van der Waals surface area contributed by atoms with E-state index in [-0.39, 0.29) is 0 Å². The van der Waals surface area contributed by atoms with Gasteiger partial charge in [-0.15, -0.1) is 0 Å². The molecule has 0 aliphatic carbocycles. The number of hydrogen-bond donors (Lipinski definition) is 1. The number of fused-ring (bicyclic) bond motifs is 1. The molecule has 0 atom stereocenters. The Bertz CT molecular complexity index is 449. The molecule has 0 saturated carbocycles. The van der Waals surface area contributed by atoms with Crippen molar-refractivity contribution in [2.75, 3.05) is 6.61 Å². The first-order valence-corrected chi connectivity index (χ1v) is 5.63. The first kappa shape index (κ1) is 11.2. The highest BCUT2D eigenvalue weighted by Gasteiger charge is 2.10. The minimum absolute atomic E-state index is 0.684. The molecule has 0 fully saturated rings. The highest BCUT2D eigenvalue weighted by atomic mass is 16.6. The van der Waals surface area contributed by atoms with Gasteiger partial charge in [0.25, 0.3) is 0 Å². The maximum absolute atomic E-state index is 5.18. The van der Waals surface area contributed by atoms with E-state index >= 15 is 0 Å². The van der Waals surface area contributed by atoms with Crippen molar-refractivity contribution in [2.45, 2.75) is 20.4 Å². The molecule has 2 rings (SSSR count). The van der Waals surface area contributed by atoms with E-state index in [1.807, 2.05) is 6.92 Å². The number of nitrogens with zero attached hydrogens (tertiary/aromatic N) is 1. The Labute approximate surface area is 96.0 Å². The van der Waals surface area contributed by atoms with Crippen LogP contribution in [0.1, 0.15) is 18.2 Å². The molecule has 1 aromatic heterocycles. The van der Waals surface area contributed by atoms with Crippen LogP contribution in [0.2, 0.25) is 0 Å². The van der Waals surface area contributed by atoms with Crippen molar-refractivity contribution in [3.8, 4) is 0 Å². The number of benzene rings is 1. The summed E-state index contributed by atoms with van der Waals surface area (Å²) >= 11 is 0. The Morgan fingerprint density at radius 1 is 1.31 bits per heavy atom. The van der Waals surface area contributed by atoms with Crippen LogP contribution < -0.4 is 5.48 Å². The van der Waals surface area contributed by atoms with E-state index in [1.54, 1.807) is 0 Å². The quantitative estimate of drug-likeness (QED) is 0.630. The third-order valence-corrected chi connectivity index (χ3v) is 2.99. The molecule has 86 valence electrons. The lowest BCUT2D eigenvalue weighted by Crippen LogP contribution is -2.16. The normalized spacial score (nSPS) is 11.2. The van der Waals surface area contributed by atoms with Gasteiger partial charge in [-0.25, -0.2) is 0 Å². The predicted molar refractivity (Wildman–Crippen MR) is 66.1 cm³/mol. The first-order chi connectivity index (χ1) is 7.75. The van der Waals surface area contributed by atoms with Crippen LogP contribution in [0.4, 0.5) is 0 Å². The molecular formula is C13H18N2O. The van der Waals surface area contributed by atoms with Crippen LogP contribution >= 0.6 is 0 Å². The molecule has 1 N–H and O–H groups in total. The largest absolute Gasteiger partial charge is 0.346 e. The SMILES string of the molecule is CCONCc1c(C)c2ccccc2n1C. The molecule has 2 aromatic rings. The van der Waals surface area contributed by atoms with Crippen molar-refractivity contribution in [1.82, 2.24) is 10.0 Å². The van der Waals surface area contributed by atoms with Gasteiger partial charge in [-0.05, 0) is 25.5 Å². The zero-order chi connectivity index (χ0) is 11.5. The van der Waals surface area contributed by atoms with Gasteiger partial charge in [0.05, 0.1) is 13.2 Å². The minimum Gasteiger partial charge on any atom is -0.346 e. The molecule has 0 spiro atoms. The average Bonchev–Trinajstić information content (AvgIpc) is 2.55. The van der Waals surface area contributed by atoms with Gasteiger partial charge in [0.2, 0.25) is 0 Å². The average molecular weight is 218 g/mol.